The number of aromatic nitrogens is 1. The van der Waals surface area contributed by atoms with Crippen molar-refractivity contribution in [2.75, 3.05) is 18.4 Å². The molecule has 0 spiro atoms. The second-order valence-corrected chi connectivity index (χ2v) is 6.00. The molecule has 0 aliphatic rings. The van der Waals surface area contributed by atoms with Crippen LogP contribution in [0, 0.1) is 0 Å². The van der Waals surface area contributed by atoms with E-state index in [0.29, 0.717) is 36.5 Å². The molecule has 2 N–H and O–H groups in total. The molecule has 0 radical (unpaired) electrons. The zero-order valence-corrected chi connectivity index (χ0v) is 15.4. The van der Waals surface area contributed by atoms with Crippen molar-refractivity contribution in [2.45, 2.75) is 20.4 Å². The standard InChI is InChI=1S/C20H22N4O3/c1-3-24(4-2)19(25)17-13-27-18-11-15(5-6-16(17)18)23-20(26)22-12-14-7-9-21-10-8-14/h5-11,13H,3-4,12H2,1-2H3,(H2,22,23,26). The number of urea groups is 1. The molecule has 0 saturated carbocycles. The molecule has 7 heteroatoms. The van der Waals surface area contributed by atoms with Gasteiger partial charge in [0.05, 0.1) is 5.56 Å². The van der Waals surface area contributed by atoms with Crippen molar-refractivity contribution < 1.29 is 14.0 Å². The fraction of sp³-hybridized carbons (Fsp3) is 0.250. The highest BCUT2D eigenvalue weighted by Gasteiger charge is 2.18. The van der Waals surface area contributed by atoms with E-state index in [-0.39, 0.29) is 11.9 Å². The zero-order chi connectivity index (χ0) is 19.2. The summed E-state index contributed by atoms with van der Waals surface area (Å²) in [7, 11) is 0. The fourth-order valence-electron chi connectivity index (χ4n) is 2.81. The molecule has 0 atom stereocenters. The molecule has 0 unspecified atom stereocenters. The number of anilines is 1. The molecular formula is C20H22N4O3. The summed E-state index contributed by atoms with van der Waals surface area (Å²) in [6.45, 7) is 5.56. The number of nitrogens with zero attached hydrogens (tertiary/aromatic N) is 2. The molecule has 0 saturated heterocycles. The molecule has 0 fully saturated rings. The van der Waals surface area contributed by atoms with Crippen LogP contribution in [0.25, 0.3) is 11.0 Å². The van der Waals surface area contributed by atoms with Gasteiger partial charge in [-0.15, -0.1) is 0 Å². The first-order chi connectivity index (χ1) is 13.1. The van der Waals surface area contributed by atoms with Gasteiger partial charge in [-0.25, -0.2) is 4.79 Å². The van der Waals surface area contributed by atoms with E-state index in [9.17, 15) is 9.59 Å². The minimum absolute atomic E-state index is 0.0606. The van der Waals surface area contributed by atoms with E-state index < -0.39 is 0 Å². The van der Waals surface area contributed by atoms with Gasteiger partial charge in [-0.1, -0.05) is 0 Å². The van der Waals surface area contributed by atoms with Gasteiger partial charge >= 0.3 is 6.03 Å². The first-order valence-electron chi connectivity index (χ1n) is 8.86. The molecule has 1 aromatic carbocycles. The Bertz CT molecular complexity index is 933. The largest absolute Gasteiger partial charge is 0.463 e. The van der Waals surface area contributed by atoms with E-state index in [0.717, 1.165) is 10.9 Å². The average molecular weight is 366 g/mol. The second kappa shape index (κ2) is 8.35. The van der Waals surface area contributed by atoms with E-state index in [2.05, 4.69) is 15.6 Å². The lowest BCUT2D eigenvalue weighted by atomic mass is 10.1. The molecule has 3 aromatic rings. The summed E-state index contributed by atoms with van der Waals surface area (Å²) in [6.07, 6.45) is 4.83. The van der Waals surface area contributed by atoms with Crippen molar-refractivity contribution in [3.8, 4) is 0 Å². The number of nitrogens with one attached hydrogen (secondary N) is 2. The Balaban J connectivity index is 1.68. The first kappa shape index (κ1) is 18.4. The lowest BCUT2D eigenvalue weighted by Gasteiger charge is -2.17. The Labute approximate surface area is 157 Å². The Morgan fingerprint density at radius 2 is 1.85 bits per heavy atom. The second-order valence-electron chi connectivity index (χ2n) is 6.00. The summed E-state index contributed by atoms with van der Waals surface area (Å²) in [5.41, 5.74) is 2.63. The van der Waals surface area contributed by atoms with Gasteiger partial charge in [-0.2, -0.15) is 0 Å². The van der Waals surface area contributed by atoms with Crippen LogP contribution < -0.4 is 10.6 Å². The molecule has 0 bridgehead atoms. The molecule has 3 amide bonds. The van der Waals surface area contributed by atoms with E-state index in [4.69, 9.17) is 4.42 Å². The third kappa shape index (κ3) is 4.25. The number of fused-ring (bicyclic) bond motifs is 1. The summed E-state index contributed by atoms with van der Waals surface area (Å²) in [5.74, 6) is -0.0606. The summed E-state index contributed by atoms with van der Waals surface area (Å²) < 4.78 is 5.53. The van der Waals surface area contributed by atoms with Gasteiger partial charge in [-0.3, -0.25) is 9.78 Å². The number of amides is 3. The summed E-state index contributed by atoms with van der Waals surface area (Å²) >= 11 is 0. The number of hydrogen-bond donors (Lipinski definition) is 2. The lowest BCUT2D eigenvalue weighted by Crippen LogP contribution is -2.30. The van der Waals surface area contributed by atoms with Gasteiger partial charge in [0.2, 0.25) is 0 Å². The minimum atomic E-state index is -0.322. The Hall–Kier alpha value is -3.35. The van der Waals surface area contributed by atoms with Crippen LogP contribution in [0.4, 0.5) is 10.5 Å². The normalized spacial score (nSPS) is 10.6. The Morgan fingerprint density at radius 3 is 2.56 bits per heavy atom. The van der Waals surface area contributed by atoms with E-state index in [1.165, 1.54) is 6.26 Å². The number of rotatable bonds is 6. The highest BCUT2D eigenvalue weighted by molar-refractivity contribution is 6.06. The summed E-state index contributed by atoms with van der Waals surface area (Å²) in [5, 5.41) is 6.28. The van der Waals surface area contributed by atoms with Crippen LogP contribution >= 0.6 is 0 Å². The number of carbonyl (C=O) groups excluding carboxylic acids is 2. The maximum absolute atomic E-state index is 12.5. The van der Waals surface area contributed by atoms with Crippen LogP contribution in [0.15, 0.2) is 53.4 Å². The lowest BCUT2D eigenvalue weighted by molar-refractivity contribution is 0.0774. The predicted octanol–water partition coefficient (Wildman–Crippen LogP) is 3.63. The molecule has 2 aromatic heterocycles. The third-order valence-electron chi connectivity index (χ3n) is 4.32. The first-order valence-corrected chi connectivity index (χ1v) is 8.86. The van der Waals surface area contributed by atoms with Crippen molar-refractivity contribution in [1.29, 1.82) is 0 Å². The van der Waals surface area contributed by atoms with Crippen molar-refractivity contribution >= 4 is 28.6 Å². The number of carbonyl (C=O) groups is 2. The summed E-state index contributed by atoms with van der Waals surface area (Å²) in [6, 6.07) is 8.60. The van der Waals surface area contributed by atoms with Gasteiger partial charge in [-0.05, 0) is 43.7 Å². The number of furan rings is 1. The average Bonchev–Trinajstić information content (AvgIpc) is 3.11. The van der Waals surface area contributed by atoms with Crippen molar-refractivity contribution in [3.05, 3.63) is 60.1 Å². The highest BCUT2D eigenvalue weighted by Crippen LogP contribution is 2.25. The van der Waals surface area contributed by atoms with Crippen LogP contribution in [-0.4, -0.2) is 34.9 Å². The molecule has 27 heavy (non-hydrogen) atoms. The smallest absolute Gasteiger partial charge is 0.319 e. The van der Waals surface area contributed by atoms with Gasteiger partial charge in [0.15, 0.2) is 0 Å². The van der Waals surface area contributed by atoms with Crippen LogP contribution in [-0.2, 0) is 6.54 Å². The third-order valence-corrected chi connectivity index (χ3v) is 4.32. The van der Waals surface area contributed by atoms with Crippen LogP contribution in [0.3, 0.4) is 0 Å². The molecule has 3 rings (SSSR count). The quantitative estimate of drug-likeness (QED) is 0.697. The molecule has 7 nitrogen and oxygen atoms in total. The Morgan fingerprint density at radius 1 is 1.11 bits per heavy atom. The molecule has 0 aliphatic heterocycles. The maximum Gasteiger partial charge on any atom is 0.319 e. The van der Waals surface area contributed by atoms with E-state index >= 15 is 0 Å². The van der Waals surface area contributed by atoms with Gasteiger partial charge in [0.1, 0.15) is 11.8 Å². The fourth-order valence-corrected chi connectivity index (χ4v) is 2.81. The van der Waals surface area contributed by atoms with E-state index in [1.807, 2.05) is 26.0 Å². The SMILES string of the molecule is CCN(CC)C(=O)c1coc2cc(NC(=O)NCc3ccncc3)ccc12. The number of pyridine rings is 1. The topological polar surface area (TPSA) is 87.5 Å². The molecule has 140 valence electrons. The minimum Gasteiger partial charge on any atom is -0.463 e. The van der Waals surface area contributed by atoms with Crippen LogP contribution in [0.5, 0.6) is 0 Å². The number of hydrogen-bond acceptors (Lipinski definition) is 4. The maximum atomic E-state index is 12.5. The zero-order valence-electron chi connectivity index (χ0n) is 15.4. The van der Waals surface area contributed by atoms with Crippen molar-refractivity contribution in [1.82, 2.24) is 15.2 Å². The van der Waals surface area contributed by atoms with Crippen molar-refractivity contribution in [2.24, 2.45) is 0 Å². The summed E-state index contributed by atoms with van der Waals surface area (Å²) in [4.78, 5) is 30.3. The molecule has 2 heterocycles. The van der Waals surface area contributed by atoms with Crippen LogP contribution in [0.1, 0.15) is 29.8 Å². The van der Waals surface area contributed by atoms with Crippen molar-refractivity contribution in [3.63, 3.8) is 0 Å². The van der Waals surface area contributed by atoms with E-state index in [1.54, 1.807) is 35.5 Å². The Kier molecular flexibility index (Phi) is 5.71. The number of benzene rings is 1. The van der Waals surface area contributed by atoms with Gasteiger partial charge in [0.25, 0.3) is 5.91 Å². The monoisotopic (exact) mass is 366 g/mol. The van der Waals surface area contributed by atoms with Crippen LogP contribution in [0.2, 0.25) is 0 Å². The highest BCUT2D eigenvalue weighted by atomic mass is 16.3. The predicted molar refractivity (Wildman–Crippen MR) is 104 cm³/mol. The molecular weight excluding hydrogens is 344 g/mol. The molecule has 0 aliphatic carbocycles. The van der Waals surface area contributed by atoms with Gasteiger partial charge < -0.3 is 20.0 Å². The van der Waals surface area contributed by atoms with Gasteiger partial charge in [0, 0.05) is 49.2 Å².